The van der Waals surface area contributed by atoms with Gasteiger partial charge < -0.3 is 15.2 Å². The molecule has 1 heterocycles. The summed E-state index contributed by atoms with van der Waals surface area (Å²) in [6.45, 7) is 1.41. The second kappa shape index (κ2) is 6.15. The van der Waals surface area contributed by atoms with E-state index in [4.69, 9.17) is 9.84 Å². The molecule has 0 fully saturated rings. The van der Waals surface area contributed by atoms with E-state index in [1.807, 2.05) is 18.2 Å². The second-order valence-electron chi connectivity index (χ2n) is 4.14. The molecule has 19 heavy (non-hydrogen) atoms. The van der Waals surface area contributed by atoms with Crippen LogP contribution < -0.4 is 5.32 Å². The van der Waals surface area contributed by atoms with Gasteiger partial charge in [-0.15, -0.1) is 0 Å². The fraction of sp³-hybridized carbons (Fsp3) is 0.286. The molecule has 1 aromatic carbocycles. The number of carboxylic acid groups (broad SMARTS) is 1. The maximum atomic E-state index is 11.1. The lowest BCUT2D eigenvalue weighted by atomic mass is 10.1. The SMILES string of the molecule is COCCCNc1ncc(C(=O)O)c2ccccc12. The number of hydrogen-bond donors (Lipinski definition) is 2. The second-order valence-corrected chi connectivity index (χ2v) is 4.14. The molecule has 100 valence electrons. The van der Waals surface area contributed by atoms with Gasteiger partial charge in [-0.25, -0.2) is 9.78 Å². The summed E-state index contributed by atoms with van der Waals surface area (Å²) in [5.74, 6) is -0.258. The first kappa shape index (κ1) is 13.3. The van der Waals surface area contributed by atoms with Crippen molar-refractivity contribution in [3.63, 3.8) is 0 Å². The van der Waals surface area contributed by atoms with Crippen LogP contribution in [0, 0.1) is 0 Å². The summed E-state index contributed by atoms with van der Waals surface area (Å²) in [6, 6.07) is 7.35. The zero-order valence-corrected chi connectivity index (χ0v) is 10.7. The first-order valence-corrected chi connectivity index (χ1v) is 6.08. The van der Waals surface area contributed by atoms with Crippen LogP contribution in [-0.4, -0.2) is 36.3 Å². The highest BCUT2D eigenvalue weighted by atomic mass is 16.5. The van der Waals surface area contributed by atoms with E-state index < -0.39 is 5.97 Å². The van der Waals surface area contributed by atoms with E-state index in [9.17, 15) is 4.79 Å². The minimum Gasteiger partial charge on any atom is -0.478 e. The molecular formula is C14H16N2O3. The number of benzene rings is 1. The Morgan fingerprint density at radius 2 is 2.11 bits per heavy atom. The number of hydrogen-bond acceptors (Lipinski definition) is 4. The van der Waals surface area contributed by atoms with Crippen molar-refractivity contribution in [2.24, 2.45) is 0 Å². The number of carbonyl (C=O) groups is 1. The number of nitrogens with zero attached hydrogens (tertiary/aromatic N) is 1. The lowest BCUT2D eigenvalue weighted by Crippen LogP contribution is -2.08. The molecule has 2 aromatic rings. The van der Waals surface area contributed by atoms with E-state index in [-0.39, 0.29) is 5.56 Å². The Morgan fingerprint density at radius 1 is 1.37 bits per heavy atom. The Hall–Kier alpha value is -2.14. The van der Waals surface area contributed by atoms with Gasteiger partial charge in [0.15, 0.2) is 0 Å². The number of aromatic nitrogens is 1. The summed E-state index contributed by atoms with van der Waals surface area (Å²) in [6.07, 6.45) is 2.26. The topological polar surface area (TPSA) is 71.5 Å². The van der Waals surface area contributed by atoms with Gasteiger partial charge in [0, 0.05) is 37.2 Å². The number of anilines is 1. The average molecular weight is 260 g/mol. The Morgan fingerprint density at radius 3 is 2.79 bits per heavy atom. The van der Waals surface area contributed by atoms with Gasteiger partial charge in [0.05, 0.1) is 5.56 Å². The molecule has 0 unspecified atom stereocenters. The molecule has 0 bridgehead atoms. The van der Waals surface area contributed by atoms with Crippen LogP contribution in [0.2, 0.25) is 0 Å². The summed E-state index contributed by atoms with van der Waals surface area (Å²) in [7, 11) is 1.66. The van der Waals surface area contributed by atoms with Crippen LogP contribution in [0.4, 0.5) is 5.82 Å². The fourth-order valence-corrected chi connectivity index (χ4v) is 1.93. The van der Waals surface area contributed by atoms with Gasteiger partial charge in [-0.3, -0.25) is 0 Å². The number of pyridine rings is 1. The molecule has 5 heteroatoms. The number of rotatable bonds is 6. The van der Waals surface area contributed by atoms with Gasteiger partial charge >= 0.3 is 5.97 Å². The Bertz CT molecular complexity index is 584. The van der Waals surface area contributed by atoms with Crippen molar-refractivity contribution in [1.82, 2.24) is 4.98 Å². The van der Waals surface area contributed by atoms with Crippen molar-refractivity contribution in [3.8, 4) is 0 Å². The van der Waals surface area contributed by atoms with E-state index in [2.05, 4.69) is 10.3 Å². The van der Waals surface area contributed by atoms with Crippen LogP contribution in [0.15, 0.2) is 30.5 Å². The van der Waals surface area contributed by atoms with Gasteiger partial charge in [0.1, 0.15) is 5.82 Å². The molecule has 0 amide bonds. The van der Waals surface area contributed by atoms with Gasteiger partial charge in [-0.2, -0.15) is 0 Å². The average Bonchev–Trinajstić information content (AvgIpc) is 2.43. The van der Waals surface area contributed by atoms with E-state index in [1.165, 1.54) is 6.20 Å². The fourth-order valence-electron chi connectivity index (χ4n) is 1.93. The standard InChI is InChI=1S/C14H16N2O3/c1-19-8-4-7-15-13-11-6-3-2-5-10(11)12(9-16-13)14(17)18/h2-3,5-6,9H,4,7-8H2,1H3,(H,15,16)(H,17,18). The quantitative estimate of drug-likeness (QED) is 0.780. The smallest absolute Gasteiger partial charge is 0.337 e. The minimum atomic E-state index is -0.963. The first-order chi connectivity index (χ1) is 9.24. The molecule has 5 nitrogen and oxygen atoms in total. The highest BCUT2D eigenvalue weighted by molar-refractivity contribution is 6.06. The number of carboxylic acids is 1. The van der Waals surface area contributed by atoms with Crippen LogP contribution in [0.5, 0.6) is 0 Å². The minimum absolute atomic E-state index is 0.220. The first-order valence-electron chi connectivity index (χ1n) is 6.08. The van der Waals surface area contributed by atoms with E-state index in [0.29, 0.717) is 17.8 Å². The molecule has 0 aliphatic carbocycles. The van der Waals surface area contributed by atoms with Crippen molar-refractivity contribution < 1.29 is 14.6 Å². The highest BCUT2D eigenvalue weighted by Gasteiger charge is 2.11. The number of nitrogens with one attached hydrogen (secondary N) is 1. The Balaban J connectivity index is 2.30. The summed E-state index contributed by atoms with van der Waals surface area (Å²) in [5, 5.41) is 13.9. The maximum Gasteiger partial charge on any atom is 0.337 e. The Labute approximate surface area is 111 Å². The van der Waals surface area contributed by atoms with Crippen LogP contribution in [0.3, 0.4) is 0 Å². The molecule has 0 aliphatic rings. The van der Waals surface area contributed by atoms with Gasteiger partial charge in [-0.1, -0.05) is 24.3 Å². The molecule has 0 saturated heterocycles. The molecule has 0 radical (unpaired) electrons. The van der Waals surface area contributed by atoms with Crippen molar-refractivity contribution in [1.29, 1.82) is 0 Å². The molecule has 1 aromatic heterocycles. The van der Waals surface area contributed by atoms with E-state index in [0.717, 1.165) is 18.4 Å². The Kier molecular flexibility index (Phi) is 4.30. The van der Waals surface area contributed by atoms with Gasteiger partial charge in [0.2, 0.25) is 0 Å². The number of methoxy groups -OCH3 is 1. The number of aromatic carboxylic acids is 1. The maximum absolute atomic E-state index is 11.1. The highest BCUT2D eigenvalue weighted by Crippen LogP contribution is 2.24. The molecule has 0 atom stereocenters. The van der Waals surface area contributed by atoms with Crippen LogP contribution in [0.1, 0.15) is 16.8 Å². The molecule has 0 spiro atoms. The van der Waals surface area contributed by atoms with Crippen molar-refractivity contribution in [2.45, 2.75) is 6.42 Å². The third-order valence-corrected chi connectivity index (χ3v) is 2.84. The third-order valence-electron chi connectivity index (χ3n) is 2.84. The summed E-state index contributed by atoms with van der Waals surface area (Å²) >= 11 is 0. The molecule has 2 rings (SSSR count). The predicted octanol–water partition coefficient (Wildman–Crippen LogP) is 2.38. The van der Waals surface area contributed by atoms with Crippen LogP contribution in [0.25, 0.3) is 10.8 Å². The molecule has 0 aliphatic heterocycles. The van der Waals surface area contributed by atoms with Gasteiger partial charge in [0.25, 0.3) is 0 Å². The largest absolute Gasteiger partial charge is 0.478 e. The number of ether oxygens (including phenoxy) is 1. The summed E-state index contributed by atoms with van der Waals surface area (Å²) in [4.78, 5) is 15.3. The number of fused-ring (bicyclic) bond motifs is 1. The van der Waals surface area contributed by atoms with Crippen molar-refractivity contribution in [2.75, 3.05) is 25.6 Å². The lowest BCUT2D eigenvalue weighted by molar-refractivity contribution is 0.0698. The molecule has 0 saturated carbocycles. The van der Waals surface area contributed by atoms with Gasteiger partial charge in [-0.05, 0) is 6.42 Å². The predicted molar refractivity (Wildman–Crippen MR) is 73.7 cm³/mol. The third kappa shape index (κ3) is 3.00. The van der Waals surface area contributed by atoms with Crippen LogP contribution >= 0.6 is 0 Å². The van der Waals surface area contributed by atoms with E-state index >= 15 is 0 Å². The zero-order chi connectivity index (χ0) is 13.7. The summed E-state index contributed by atoms with van der Waals surface area (Å²) in [5.41, 5.74) is 0.220. The monoisotopic (exact) mass is 260 g/mol. The zero-order valence-electron chi connectivity index (χ0n) is 10.7. The summed E-state index contributed by atoms with van der Waals surface area (Å²) < 4.78 is 4.98. The lowest BCUT2D eigenvalue weighted by Gasteiger charge is -2.10. The molecule has 2 N–H and O–H groups in total. The van der Waals surface area contributed by atoms with Crippen molar-refractivity contribution >= 4 is 22.6 Å². The molecular weight excluding hydrogens is 244 g/mol. The van der Waals surface area contributed by atoms with E-state index in [1.54, 1.807) is 13.2 Å². The van der Waals surface area contributed by atoms with Crippen LogP contribution in [-0.2, 0) is 4.74 Å². The van der Waals surface area contributed by atoms with Crippen molar-refractivity contribution in [3.05, 3.63) is 36.0 Å². The normalized spacial score (nSPS) is 10.6.